The van der Waals surface area contributed by atoms with Gasteiger partial charge >= 0.3 is 5.97 Å². The number of aliphatic hydroxyl groups excluding tert-OH is 4. The van der Waals surface area contributed by atoms with E-state index in [0.29, 0.717) is 48.2 Å². The van der Waals surface area contributed by atoms with Crippen molar-refractivity contribution in [3.8, 4) is 11.5 Å². The zero-order chi connectivity index (χ0) is 35.8. The van der Waals surface area contributed by atoms with E-state index in [4.69, 9.17) is 23.4 Å². The van der Waals surface area contributed by atoms with E-state index in [2.05, 4.69) is 5.32 Å². The molecule has 6 bridgehead atoms. The molecule has 0 radical (unpaired) electrons. The second-order valence-electron chi connectivity index (χ2n) is 14.5. The number of rotatable bonds is 6. The number of ether oxygens (including phenoxy) is 4. The van der Waals surface area contributed by atoms with E-state index in [1.54, 1.807) is 42.0 Å². The smallest absolute Gasteiger partial charge is 0.306 e. The number of aliphatic hydroxyl groups is 6. The maximum Gasteiger partial charge on any atom is 0.306 e. The molecule has 1 aromatic carbocycles. The molecule has 278 valence electrons. The lowest BCUT2D eigenvalue weighted by Gasteiger charge is -2.72. The van der Waals surface area contributed by atoms with Crippen LogP contribution >= 0.6 is 21.6 Å². The highest BCUT2D eigenvalue weighted by Crippen LogP contribution is 2.67. The largest absolute Gasteiger partial charge is 0.482 e. The molecule has 2 aliphatic carbocycles. The number of allylic oxidation sites excluding steroid dienone is 1. The van der Waals surface area contributed by atoms with Crippen molar-refractivity contribution in [3.63, 3.8) is 0 Å². The topological polar surface area (TPSA) is 201 Å². The Balaban J connectivity index is 1.42. The summed E-state index contributed by atoms with van der Waals surface area (Å²) in [6.07, 6.45) is 3.79. The predicted molar refractivity (Wildman–Crippen MR) is 187 cm³/mol. The van der Waals surface area contributed by atoms with Crippen molar-refractivity contribution in [2.45, 2.75) is 85.2 Å². The number of benzene rings is 1. The van der Waals surface area contributed by atoms with Crippen molar-refractivity contribution in [3.05, 3.63) is 47.8 Å². The number of carbonyl (C=O) groups is 1. The summed E-state index contributed by atoms with van der Waals surface area (Å²) in [5, 5.41) is 75.6. The van der Waals surface area contributed by atoms with Gasteiger partial charge in [0.1, 0.15) is 23.4 Å². The van der Waals surface area contributed by atoms with Gasteiger partial charge in [-0.1, -0.05) is 39.3 Å². The summed E-state index contributed by atoms with van der Waals surface area (Å²) >= 11 is 0. The van der Waals surface area contributed by atoms with Gasteiger partial charge in [0.25, 0.3) is 5.79 Å². The Hall–Kier alpha value is -2.31. The third-order valence-electron chi connectivity index (χ3n) is 11.9. The maximum atomic E-state index is 13.4. The molecular formula is C36H45NO12S2. The minimum absolute atomic E-state index is 0.00956. The standard InChI is InChI=1S/C36H45NO12S2/c1-2-45-26(41)8-5-19-13-20-9-11-46-28(20)30-29(19)48-35-15-22-3-6-23(47-30)16-37-10-12-50-51-31(22)34(18-39,49-35)33(43)14-21-4-7-25(40)24(17-38)27(21)36(35,44)32(33)42/h4,7,9,11,13,15,21,23-25,27,31-32,37-40,42-44H,2-3,5-6,8,10,12,14,16-18H2,1H3/t21-,23+,24+,25-,27+,31+,32+,33+,34+,35-,36-/m1/s1. The van der Waals surface area contributed by atoms with Crippen LogP contribution in [0.4, 0.5) is 0 Å². The molecule has 1 spiro atoms. The Labute approximate surface area is 302 Å². The molecule has 3 fully saturated rings. The lowest BCUT2D eigenvalue weighted by Crippen LogP contribution is -2.91. The molecule has 0 unspecified atom stereocenters. The van der Waals surface area contributed by atoms with Crippen LogP contribution in [0.3, 0.4) is 0 Å². The van der Waals surface area contributed by atoms with Crippen molar-refractivity contribution < 1.29 is 58.8 Å². The Morgan fingerprint density at radius 3 is 2.80 bits per heavy atom. The first-order valence-corrected chi connectivity index (χ1v) is 20.1. The molecule has 7 N–H and O–H groups in total. The van der Waals surface area contributed by atoms with Gasteiger partial charge in [0.05, 0.1) is 30.8 Å². The van der Waals surface area contributed by atoms with Gasteiger partial charge in [0, 0.05) is 49.1 Å². The van der Waals surface area contributed by atoms with Crippen LogP contribution in [-0.4, -0.2) is 121 Å². The van der Waals surface area contributed by atoms with Gasteiger partial charge in [-0.05, 0) is 62.3 Å². The van der Waals surface area contributed by atoms with Gasteiger partial charge in [-0.15, -0.1) is 0 Å². The van der Waals surface area contributed by atoms with Crippen molar-refractivity contribution >= 4 is 38.5 Å². The van der Waals surface area contributed by atoms with Gasteiger partial charge in [-0.2, -0.15) is 0 Å². The molecule has 5 heterocycles. The Kier molecular flexibility index (Phi) is 9.25. The number of carbonyl (C=O) groups excluding carboxylic acids is 1. The zero-order valence-corrected chi connectivity index (χ0v) is 29.9. The molecule has 1 aromatic heterocycles. The van der Waals surface area contributed by atoms with Crippen LogP contribution in [0.1, 0.15) is 38.2 Å². The minimum atomic E-state index is -2.50. The maximum absolute atomic E-state index is 13.4. The average Bonchev–Trinajstić information content (AvgIpc) is 3.57. The summed E-state index contributed by atoms with van der Waals surface area (Å²) in [6.45, 7) is 1.81. The number of nitrogens with one attached hydrogen (secondary N) is 1. The van der Waals surface area contributed by atoms with E-state index in [9.17, 15) is 35.4 Å². The van der Waals surface area contributed by atoms with E-state index < -0.39 is 83.1 Å². The molecule has 4 aliphatic heterocycles. The van der Waals surface area contributed by atoms with Crippen LogP contribution in [0, 0.1) is 17.8 Å². The van der Waals surface area contributed by atoms with Crippen LogP contribution in [0.15, 0.2) is 46.6 Å². The number of furan rings is 1. The summed E-state index contributed by atoms with van der Waals surface area (Å²) < 4.78 is 32.1. The van der Waals surface area contributed by atoms with Crippen molar-refractivity contribution in [2.75, 3.05) is 38.7 Å². The predicted octanol–water partition coefficient (Wildman–Crippen LogP) is 1.60. The number of hydrogen-bond donors (Lipinski definition) is 7. The lowest BCUT2D eigenvalue weighted by molar-refractivity contribution is -0.451. The molecule has 15 heteroatoms. The summed E-state index contributed by atoms with van der Waals surface area (Å²) in [5.74, 6) is -4.46. The lowest BCUT2D eigenvalue weighted by atomic mass is 9.47. The normalized spacial score (nSPS) is 41.4. The highest BCUT2D eigenvalue weighted by Gasteiger charge is 2.84. The van der Waals surface area contributed by atoms with Gasteiger partial charge in [0.15, 0.2) is 16.9 Å². The van der Waals surface area contributed by atoms with E-state index in [1.165, 1.54) is 23.1 Å². The van der Waals surface area contributed by atoms with E-state index in [0.717, 1.165) is 5.57 Å². The van der Waals surface area contributed by atoms with E-state index >= 15 is 0 Å². The number of hydrogen-bond acceptors (Lipinski definition) is 15. The molecule has 6 aliphatic rings. The molecule has 0 amide bonds. The Morgan fingerprint density at radius 2 is 2.02 bits per heavy atom. The van der Waals surface area contributed by atoms with Crippen LogP contribution in [0.2, 0.25) is 0 Å². The second kappa shape index (κ2) is 13.2. The molecular weight excluding hydrogens is 703 g/mol. The van der Waals surface area contributed by atoms with Gasteiger partial charge in [0.2, 0.25) is 5.75 Å². The van der Waals surface area contributed by atoms with Gasteiger partial charge in [-0.25, -0.2) is 0 Å². The first-order chi connectivity index (χ1) is 24.6. The monoisotopic (exact) mass is 747 g/mol. The minimum Gasteiger partial charge on any atom is -0.482 e. The first kappa shape index (κ1) is 35.7. The molecule has 8 rings (SSSR count). The third kappa shape index (κ3) is 5.18. The number of fused-ring (bicyclic) bond motifs is 12. The van der Waals surface area contributed by atoms with Gasteiger partial charge < -0.3 is 59.3 Å². The van der Waals surface area contributed by atoms with Crippen LogP contribution < -0.4 is 14.8 Å². The fraction of sp³-hybridized carbons (Fsp3) is 0.639. The molecule has 11 atom stereocenters. The summed E-state index contributed by atoms with van der Waals surface area (Å²) in [7, 11) is 2.98. The fourth-order valence-electron chi connectivity index (χ4n) is 9.51. The summed E-state index contributed by atoms with van der Waals surface area (Å²) in [5.41, 5.74) is -4.98. The summed E-state index contributed by atoms with van der Waals surface area (Å²) in [4.78, 5) is 12.7. The molecule has 13 nitrogen and oxygen atoms in total. The third-order valence-corrected chi connectivity index (χ3v) is 14.7. The quantitative estimate of drug-likeness (QED) is 0.128. The van der Waals surface area contributed by atoms with Crippen molar-refractivity contribution in [1.82, 2.24) is 5.32 Å². The van der Waals surface area contributed by atoms with Crippen LogP contribution in [0.25, 0.3) is 11.0 Å². The second-order valence-corrected chi connectivity index (χ2v) is 17.1. The Bertz CT molecular complexity index is 1730. The highest BCUT2D eigenvalue weighted by molar-refractivity contribution is 8.77. The van der Waals surface area contributed by atoms with Crippen molar-refractivity contribution in [1.29, 1.82) is 0 Å². The fourth-order valence-corrected chi connectivity index (χ4v) is 12.5. The molecule has 2 aromatic rings. The Morgan fingerprint density at radius 1 is 1.18 bits per heavy atom. The van der Waals surface area contributed by atoms with Gasteiger partial charge in [-0.3, -0.25) is 4.79 Å². The van der Waals surface area contributed by atoms with Crippen molar-refractivity contribution in [2.24, 2.45) is 17.8 Å². The van der Waals surface area contributed by atoms with E-state index in [1.807, 2.05) is 0 Å². The zero-order valence-electron chi connectivity index (χ0n) is 28.2. The van der Waals surface area contributed by atoms with E-state index in [-0.39, 0.29) is 37.4 Å². The first-order valence-electron chi connectivity index (χ1n) is 17.7. The van der Waals surface area contributed by atoms with Crippen LogP contribution in [0.5, 0.6) is 11.5 Å². The molecule has 51 heavy (non-hydrogen) atoms. The number of esters is 1. The summed E-state index contributed by atoms with van der Waals surface area (Å²) in [6, 6.07) is 3.58. The highest BCUT2D eigenvalue weighted by atomic mass is 33.1. The average molecular weight is 748 g/mol. The molecule has 2 saturated heterocycles. The molecule has 1 saturated carbocycles. The SMILES string of the molecule is CCOC(=O)CCc1cc2ccoc2c2c1O[C@]13C=C4CC[C@@H](CNCCSS[C@@H]4[C@](CO)(O1)[C@]1(O)C[C@H]4C=C[C@@H](O)[C@H](CO)[C@H]4[C@@]3(O)[C@H]1O)O2. The van der Waals surface area contributed by atoms with Crippen LogP contribution in [-0.2, 0) is 20.7 Å². The number of aryl methyl sites for hydroxylation is 1.